The van der Waals surface area contributed by atoms with Crippen LogP contribution in [0.4, 0.5) is 0 Å². The zero-order chi connectivity index (χ0) is 17.8. The van der Waals surface area contributed by atoms with Crippen molar-refractivity contribution in [1.82, 2.24) is 14.5 Å². The molecule has 7 heteroatoms. The number of aryl methyl sites for hydroxylation is 1. The Morgan fingerprint density at radius 2 is 1.88 bits per heavy atom. The maximum absolute atomic E-state index is 12.4. The van der Waals surface area contributed by atoms with E-state index in [1.807, 2.05) is 36.1 Å². The molecule has 1 N–H and O–H groups in total. The van der Waals surface area contributed by atoms with Crippen LogP contribution in [0.5, 0.6) is 5.88 Å². The van der Waals surface area contributed by atoms with Crippen molar-refractivity contribution in [3.05, 3.63) is 46.2 Å². The first kappa shape index (κ1) is 17.5. The van der Waals surface area contributed by atoms with E-state index >= 15 is 0 Å². The van der Waals surface area contributed by atoms with Gasteiger partial charge in [-0.25, -0.2) is 0 Å². The average molecular weight is 359 g/mol. The van der Waals surface area contributed by atoms with E-state index in [0.29, 0.717) is 10.8 Å². The van der Waals surface area contributed by atoms with Crippen LogP contribution in [0.1, 0.15) is 24.8 Å². The highest BCUT2D eigenvalue weighted by Gasteiger charge is 2.18. The summed E-state index contributed by atoms with van der Waals surface area (Å²) in [7, 11) is 0. The highest BCUT2D eigenvalue weighted by atomic mass is 32.2. The van der Waals surface area contributed by atoms with Gasteiger partial charge in [-0.05, 0) is 38.3 Å². The first-order chi connectivity index (χ1) is 12.0. The zero-order valence-electron chi connectivity index (χ0n) is 14.1. The average Bonchev–Trinajstić information content (AvgIpc) is 2.61. The third kappa shape index (κ3) is 4.22. The summed E-state index contributed by atoms with van der Waals surface area (Å²) >= 11 is 1.18. The van der Waals surface area contributed by atoms with Crippen LogP contribution in [0.25, 0.3) is 5.69 Å². The predicted octanol–water partition coefficient (Wildman–Crippen LogP) is 2.35. The fraction of sp³-hybridized carbons (Fsp3) is 0.389. The predicted molar refractivity (Wildman–Crippen MR) is 97.4 cm³/mol. The van der Waals surface area contributed by atoms with Gasteiger partial charge in [0.05, 0.1) is 17.5 Å². The Morgan fingerprint density at radius 1 is 1.20 bits per heavy atom. The number of thioether (sulfide) groups is 1. The van der Waals surface area contributed by atoms with Crippen LogP contribution in [-0.2, 0) is 4.79 Å². The SMILES string of the molecule is Cc1ccc(-n2c(SCC(=O)N3CCCCC3)nc(O)cc2=O)cc1. The van der Waals surface area contributed by atoms with Crippen molar-refractivity contribution in [2.45, 2.75) is 31.3 Å². The maximum Gasteiger partial charge on any atom is 0.262 e. The van der Waals surface area contributed by atoms with Crippen molar-refractivity contribution in [1.29, 1.82) is 0 Å². The molecule has 1 fully saturated rings. The minimum Gasteiger partial charge on any atom is -0.493 e. The van der Waals surface area contributed by atoms with Crippen molar-refractivity contribution in [2.75, 3.05) is 18.8 Å². The summed E-state index contributed by atoms with van der Waals surface area (Å²) in [5, 5.41) is 10.0. The number of rotatable bonds is 4. The topological polar surface area (TPSA) is 75.4 Å². The van der Waals surface area contributed by atoms with E-state index < -0.39 is 0 Å². The quantitative estimate of drug-likeness (QED) is 0.670. The van der Waals surface area contributed by atoms with Crippen LogP contribution in [0.15, 0.2) is 40.3 Å². The summed E-state index contributed by atoms with van der Waals surface area (Å²) in [6.07, 6.45) is 3.24. The van der Waals surface area contributed by atoms with Gasteiger partial charge in [0.25, 0.3) is 5.56 Å². The van der Waals surface area contributed by atoms with Crippen LogP contribution in [-0.4, -0.2) is 44.3 Å². The molecule has 0 bridgehead atoms. The molecule has 132 valence electrons. The molecule has 1 aromatic carbocycles. The van der Waals surface area contributed by atoms with Crippen molar-refractivity contribution in [2.24, 2.45) is 0 Å². The van der Waals surface area contributed by atoms with Crippen molar-refractivity contribution < 1.29 is 9.90 Å². The lowest BCUT2D eigenvalue weighted by molar-refractivity contribution is -0.129. The van der Waals surface area contributed by atoms with Crippen LogP contribution in [0.2, 0.25) is 0 Å². The third-order valence-corrected chi connectivity index (χ3v) is 5.12. The minimum atomic E-state index is -0.371. The highest BCUT2D eigenvalue weighted by molar-refractivity contribution is 7.99. The van der Waals surface area contributed by atoms with Gasteiger partial charge in [-0.3, -0.25) is 14.2 Å². The van der Waals surface area contributed by atoms with Gasteiger partial charge >= 0.3 is 0 Å². The normalized spacial score (nSPS) is 14.5. The van der Waals surface area contributed by atoms with Gasteiger partial charge in [-0.15, -0.1) is 0 Å². The summed E-state index contributed by atoms with van der Waals surface area (Å²) in [6, 6.07) is 8.54. The fourth-order valence-electron chi connectivity index (χ4n) is 2.84. The number of carbonyl (C=O) groups excluding carboxylic acids is 1. The molecule has 0 unspecified atom stereocenters. The van der Waals surface area contributed by atoms with E-state index in [1.165, 1.54) is 16.3 Å². The highest BCUT2D eigenvalue weighted by Crippen LogP contribution is 2.21. The summed E-state index contributed by atoms with van der Waals surface area (Å²) in [5.41, 5.74) is 1.37. The Hall–Kier alpha value is -2.28. The first-order valence-electron chi connectivity index (χ1n) is 8.35. The van der Waals surface area contributed by atoms with E-state index in [9.17, 15) is 14.7 Å². The Morgan fingerprint density at radius 3 is 2.56 bits per heavy atom. The molecule has 0 spiro atoms. The van der Waals surface area contributed by atoms with Gasteiger partial charge in [-0.2, -0.15) is 4.98 Å². The van der Waals surface area contributed by atoms with Gasteiger partial charge in [0.15, 0.2) is 5.16 Å². The number of amides is 1. The molecule has 2 aromatic rings. The molecule has 0 atom stereocenters. The molecule has 1 aliphatic rings. The number of piperidine rings is 1. The molecule has 1 aromatic heterocycles. The standard InChI is InChI=1S/C18H21N3O3S/c1-13-5-7-14(8-6-13)21-16(23)11-15(22)19-18(21)25-12-17(24)20-9-3-2-4-10-20/h5-8,11,22H,2-4,9-10,12H2,1H3. The molecule has 3 rings (SSSR count). The van der Waals surface area contributed by atoms with Gasteiger partial charge < -0.3 is 10.0 Å². The maximum atomic E-state index is 12.4. The van der Waals surface area contributed by atoms with E-state index in [0.717, 1.165) is 44.0 Å². The lowest BCUT2D eigenvalue weighted by Gasteiger charge is -2.26. The van der Waals surface area contributed by atoms with Crippen LogP contribution in [0, 0.1) is 6.92 Å². The fourth-order valence-corrected chi connectivity index (χ4v) is 3.76. The second kappa shape index (κ2) is 7.74. The summed E-state index contributed by atoms with van der Waals surface area (Å²) < 4.78 is 1.42. The number of nitrogens with zero attached hydrogens (tertiary/aromatic N) is 3. The number of hydrogen-bond acceptors (Lipinski definition) is 5. The van der Waals surface area contributed by atoms with Gasteiger partial charge in [0.1, 0.15) is 0 Å². The zero-order valence-corrected chi connectivity index (χ0v) is 15.0. The number of aromatic hydroxyl groups is 1. The second-order valence-corrected chi connectivity index (χ2v) is 7.08. The van der Waals surface area contributed by atoms with Crippen molar-refractivity contribution in [3.63, 3.8) is 0 Å². The van der Waals surface area contributed by atoms with Crippen LogP contribution >= 0.6 is 11.8 Å². The molecular formula is C18H21N3O3S. The lowest BCUT2D eigenvalue weighted by Crippen LogP contribution is -2.36. The number of carbonyl (C=O) groups is 1. The molecule has 2 heterocycles. The van der Waals surface area contributed by atoms with Gasteiger partial charge in [-0.1, -0.05) is 29.5 Å². The molecule has 6 nitrogen and oxygen atoms in total. The Labute approximate surface area is 150 Å². The first-order valence-corrected chi connectivity index (χ1v) is 9.34. The molecular weight excluding hydrogens is 338 g/mol. The smallest absolute Gasteiger partial charge is 0.262 e. The van der Waals surface area contributed by atoms with E-state index in [2.05, 4.69) is 4.98 Å². The molecule has 1 aliphatic heterocycles. The molecule has 1 amide bonds. The molecule has 0 aliphatic carbocycles. The largest absolute Gasteiger partial charge is 0.493 e. The summed E-state index contributed by atoms with van der Waals surface area (Å²) in [6.45, 7) is 3.55. The number of benzene rings is 1. The van der Waals surface area contributed by atoms with E-state index in [4.69, 9.17) is 0 Å². The Balaban J connectivity index is 1.83. The number of hydrogen-bond donors (Lipinski definition) is 1. The van der Waals surface area contributed by atoms with Crippen molar-refractivity contribution in [3.8, 4) is 11.6 Å². The number of aromatic nitrogens is 2. The summed E-state index contributed by atoms with van der Waals surface area (Å²) in [5.74, 6) is -0.0964. The Kier molecular flexibility index (Phi) is 5.43. The molecule has 25 heavy (non-hydrogen) atoms. The summed E-state index contributed by atoms with van der Waals surface area (Å²) in [4.78, 5) is 30.6. The lowest BCUT2D eigenvalue weighted by atomic mass is 10.1. The third-order valence-electron chi connectivity index (χ3n) is 4.20. The number of likely N-dealkylation sites (tertiary alicyclic amines) is 1. The van der Waals surface area contributed by atoms with Gasteiger partial charge in [0, 0.05) is 13.1 Å². The van der Waals surface area contributed by atoms with E-state index in [1.54, 1.807) is 0 Å². The van der Waals surface area contributed by atoms with Crippen LogP contribution < -0.4 is 5.56 Å². The van der Waals surface area contributed by atoms with Gasteiger partial charge in [0.2, 0.25) is 11.8 Å². The molecule has 0 radical (unpaired) electrons. The minimum absolute atomic E-state index is 0.0396. The molecule has 0 saturated carbocycles. The Bertz CT molecular complexity index is 811. The van der Waals surface area contributed by atoms with Crippen LogP contribution in [0.3, 0.4) is 0 Å². The second-order valence-electron chi connectivity index (χ2n) is 6.14. The van der Waals surface area contributed by atoms with Crippen molar-refractivity contribution >= 4 is 17.7 Å². The van der Waals surface area contributed by atoms with E-state index in [-0.39, 0.29) is 23.1 Å². The monoisotopic (exact) mass is 359 g/mol. The molecule has 1 saturated heterocycles.